The first-order chi connectivity index (χ1) is 19.4. The highest BCUT2D eigenvalue weighted by atomic mass is 32.2. The molecule has 0 spiro atoms. The maximum absolute atomic E-state index is 14.2. The Labute approximate surface area is 244 Å². The second kappa shape index (κ2) is 13.7. The third-order valence-corrected chi connectivity index (χ3v) is 8.40. The van der Waals surface area contributed by atoms with Crippen LogP contribution in [0.2, 0.25) is 0 Å². The summed E-state index contributed by atoms with van der Waals surface area (Å²) >= 11 is 0. The van der Waals surface area contributed by atoms with Crippen molar-refractivity contribution in [3.8, 4) is 5.75 Å². The minimum absolute atomic E-state index is 0.0734. The lowest BCUT2D eigenvalue weighted by atomic mass is 10.1. The summed E-state index contributed by atoms with van der Waals surface area (Å²) in [7, 11) is -2.54. The quantitative estimate of drug-likeness (QED) is 0.319. The van der Waals surface area contributed by atoms with Crippen molar-refractivity contribution in [2.24, 2.45) is 0 Å². The molecule has 3 rings (SSSR count). The lowest BCUT2D eigenvalue weighted by Crippen LogP contribution is -2.55. The normalized spacial score (nSPS) is 12.3. The van der Waals surface area contributed by atoms with Gasteiger partial charge in [-0.15, -0.1) is 0 Å². The van der Waals surface area contributed by atoms with Crippen molar-refractivity contribution in [2.45, 2.75) is 70.5 Å². The first-order valence-corrected chi connectivity index (χ1v) is 15.2. The summed E-state index contributed by atoms with van der Waals surface area (Å²) < 4.78 is 34.3. The molecule has 8 nitrogen and oxygen atoms in total. The maximum Gasteiger partial charge on any atom is 0.264 e. The van der Waals surface area contributed by atoms with E-state index < -0.39 is 34.1 Å². The Kier molecular flexibility index (Phi) is 10.6. The van der Waals surface area contributed by atoms with Gasteiger partial charge in [-0.1, -0.05) is 56.3 Å². The number of benzene rings is 3. The van der Waals surface area contributed by atoms with E-state index in [2.05, 4.69) is 5.32 Å². The number of ether oxygens (including phenoxy) is 1. The fourth-order valence-electron chi connectivity index (χ4n) is 4.49. The van der Waals surface area contributed by atoms with Crippen LogP contribution in [0.4, 0.5) is 5.69 Å². The van der Waals surface area contributed by atoms with Crippen LogP contribution in [0.15, 0.2) is 83.8 Å². The number of hydrogen-bond donors (Lipinski definition) is 1. The molecule has 0 bridgehead atoms. The molecule has 2 amide bonds. The fourth-order valence-corrected chi connectivity index (χ4v) is 5.92. The SMILES string of the molecule is CCc1ccc(N(CC(=O)N(Cc2cccc(OC)c2)C(CC)C(=O)NC(C)(C)C)S(=O)(=O)c2ccccc2)cc1. The molecule has 0 fully saturated rings. The zero-order valence-electron chi connectivity index (χ0n) is 24.8. The number of rotatable bonds is 12. The highest BCUT2D eigenvalue weighted by molar-refractivity contribution is 7.92. The van der Waals surface area contributed by atoms with Gasteiger partial charge in [0.15, 0.2) is 0 Å². The third-order valence-electron chi connectivity index (χ3n) is 6.61. The monoisotopic (exact) mass is 579 g/mol. The van der Waals surface area contributed by atoms with E-state index in [1.54, 1.807) is 49.6 Å². The van der Waals surface area contributed by atoms with E-state index in [1.807, 2.05) is 58.9 Å². The standard InChI is InChI=1S/C32H41N3O5S/c1-7-24-17-19-26(20-18-24)35(41(38,39)28-15-10-9-11-16-28)23-30(36)34(22-25-13-12-14-27(21-25)40-6)29(8-2)31(37)33-32(3,4)5/h9-21,29H,7-8,22-23H2,1-6H3,(H,33,37). The van der Waals surface area contributed by atoms with Gasteiger partial charge in [-0.25, -0.2) is 8.42 Å². The summed E-state index contributed by atoms with van der Waals surface area (Å²) in [6.45, 7) is 9.09. The molecule has 0 heterocycles. The molecule has 0 saturated heterocycles. The average molecular weight is 580 g/mol. The van der Waals surface area contributed by atoms with E-state index in [-0.39, 0.29) is 17.3 Å². The average Bonchev–Trinajstić information content (AvgIpc) is 2.95. The van der Waals surface area contributed by atoms with Gasteiger partial charge in [0.25, 0.3) is 10.0 Å². The minimum Gasteiger partial charge on any atom is -0.497 e. The van der Waals surface area contributed by atoms with Crippen LogP contribution in [0.25, 0.3) is 0 Å². The van der Waals surface area contributed by atoms with Crippen molar-refractivity contribution in [2.75, 3.05) is 18.0 Å². The van der Waals surface area contributed by atoms with Crippen LogP contribution in [-0.2, 0) is 32.6 Å². The number of aryl methyl sites for hydroxylation is 1. The van der Waals surface area contributed by atoms with Crippen molar-refractivity contribution in [1.82, 2.24) is 10.2 Å². The molecule has 0 aliphatic heterocycles. The second-order valence-corrected chi connectivity index (χ2v) is 12.7. The molecular weight excluding hydrogens is 538 g/mol. The van der Waals surface area contributed by atoms with Gasteiger partial charge in [0.05, 0.1) is 17.7 Å². The number of carbonyl (C=O) groups excluding carboxylic acids is 2. The summed E-state index contributed by atoms with van der Waals surface area (Å²) in [5.74, 6) is -0.185. The number of hydrogen-bond acceptors (Lipinski definition) is 5. The van der Waals surface area contributed by atoms with Crippen LogP contribution < -0.4 is 14.4 Å². The summed E-state index contributed by atoms with van der Waals surface area (Å²) in [4.78, 5) is 29.1. The molecule has 0 saturated carbocycles. The molecule has 1 N–H and O–H groups in total. The topological polar surface area (TPSA) is 96.0 Å². The number of amides is 2. The number of sulfonamides is 1. The predicted molar refractivity (Wildman–Crippen MR) is 162 cm³/mol. The van der Waals surface area contributed by atoms with Crippen LogP contribution in [0.5, 0.6) is 5.75 Å². The van der Waals surface area contributed by atoms with Crippen molar-refractivity contribution in [3.05, 3.63) is 90.0 Å². The Hall–Kier alpha value is -3.85. The Morgan fingerprint density at radius 2 is 1.56 bits per heavy atom. The zero-order chi connectivity index (χ0) is 30.2. The molecule has 220 valence electrons. The minimum atomic E-state index is -4.10. The van der Waals surface area contributed by atoms with Gasteiger partial charge >= 0.3 is 0 Å². The van der Waals surface area contributed by atoms with Crippen LogP contribution in [0, 0.1) is 0 Å². The van der Waals surface area contributed by atoms with Crippen molar-refractivity contribution >= 4 is 27.5 Å². The Bertz CT molecular complexity index is 1420. The highest BCUT2D eigenvalue weighted by Crippen LogP contribution is 2.26. The Morgan fingerprint density at radius 1 is 0.902 bits per heavy atom. The van der Waals surface area contributed by atoms with Gasteiger partial charge in [0.1, 0.15) is 18.3 Å². The smallest absolute Gasteiger partial charge is 0.264 e. The van der Waals surface area contributed by atoms with Crippen LogP contribution in [0.3, 0.4) is 0 Å². The maximum atomic E-state index is 14.2. The molecule has 1 unspecified atom stereocenters. The number of carbonyl (C=O) groups is 2. The molecular formula is C32H41N3O5S. The Balaban J connectivity index is 2.07. The van der Waals surface area contributed by atoms with E-state index >= 15 is 0 Å². The number of methoxy groups -OCH3 is 1. The Morgan fingerprint density at radius 3 is 2.12 bits per heavy atom. The van der Waals surface area contributed by atoms with E-state index in [0.717, 1.165) is 21.9 Å². The predicted octanol–water partition coefficient (Wildman–Crippen LogP) is 5.18. The summed E-state index contributed by atoms with van der Waals surface area (Å²) in [5.41, 5.74) is 1.65. The number of nitrogens with zero attached hydrogens (tertiary/aromatic N) is 2. The summed E-state index contributed by atoms with van der Waals surface area (Å²) in [6, 6.07) is 21.6. The van der Waals surface area contributed by atoms with Crippen LogP contribution in [-0.4, -0.2) is 50.4 Å². The lowest BCUT2D eigenvalue weighted by molar-refractivity contribution is -0.141. The van der Waals surface area contributed by atoms with Crippen molar-refractivity contribution in [3.63, 3.8) is 0 Å². The molecule has 0 radical (unpaired) electrons. The number of nitrogens with one attached hydrogen (secondary N) is 1. The fraction of sp³-hybridized carbons (Fsp3) is 0.375. The van der Waals surface area contributed by atoms with E-state index in [1.165, 1.54) is 17.0 Å². The second-order valence-electron chi connectivity index (χ2n) is 10.9. The molecule has 1 atom stereocenters. The first-order valence-electron chi connectivity index (χ1n) is 13.8. The number of anilines is 1. The van der Waals surface area contributed by atoms with E-state index in [0.29, 0.717) is 17.9 Å². The summed E-state index contributed by atoms with van der Waals surface area (Å²) in [5, 5.41) is 2.98. The molecule has 0 aliphatic rings. The molecule has 0 aliphatic carbocycles. The molecule has 9 heteroatoms. The molecule has 41 heavy (non-hydrogen) atoms. The van der Waals surface area contributed by atoms with Gasteiger partial charge in [-0.05, 0) is 81.1 Å². The zero-order valence-corrected chi connectivity index (χ0v) is 25.6. The van der Waals surface area contributed by atoms with E-state index in [9.17, 15) is 18.0 Å². The molecule has 3 aromatic rings. The van der Waals surface area contributed by atoms with Gasteiger partial charge in [0.2, 0.25) is 11.8 Å². The van der Waals surface area contributed by atoms with Gasteiger partial charge in [0, 0.05) is 12.1 Å². The molecule has 0 aromatic heterocycles. The summed E-state index contributed by atoms with van der Waals surface area (Å²) in [6.07, 6.45) is 1.13. The lowest BCUT2D eigenvalue weighted by Gasteiger charge is -2.34. The largest absolute Gasteiger partial charge is 0.497 e. The van der Waals surface area contributed by atoms with Crippen LogP contribution >= 0.6 is 0 Å². The third kappa shape index (κ3) is 8.33. The van der Waals surface area contributed by atoms with Crippen LogP contribution in [0.1, 0.15) is 52.2 Å². The molecule has 3 aromatic carbocycles. The highest BCUT2D eigenvalue weighted by Gasteiger charge is 2.34. The van der Waals surface area contributed by atoms with Gasteiger partial charge in [-0.2, -0.15) is 0 Å². The van der Waals surface area contributed by atoms with Crippen molar-refractivity contribution in [1.29, 1.82) is 0 Å². The van der Waals surface area contributed by atoms with Gasteiger partial charge < -0.3 is 15.0 Å². The van der Waals surface area contributed by atoms with E-state index in [4.69, 9.17) is 4.74 Å². The van der Waals surface area contributed by atoms with Crippen molar-refractivity contribution < 1.29 is 22.7 Å². The van der Waals surface area contributed by atoms with Gasteiger partial charge in [-0.3, -0.25) is 13.9 Å². The first kappa shape index (κ1) is 31.7.